The second-order valence-corrected chi connectivity index (χ2v) is 4.92. The Bertz CT molecular complexity index is 487. The number of likely N-dealkylation sites (tertiary alicyclic amines) is 1. The van der Waals surface area contributed by atoms with Gasteiger partial charge >= 0.3 is 6.03 Å². The van der Waals surface area contributed by atoms with Gasteiger partial charge in [-0.15, -0.1) is 0 Å². The topological polar surface area (TPSA) is 61.4 Å². The number of nitrogens with zero attached hydrogens (tertiary/aromatic N) is 1. The highest BCUT2D eigenvalue weighted by atomic mass is 16.2. The maximum Gasteiger partial charge on any atom is 0.319 e. The van der Waals surface area contributed by atoms with E-state index in [1.54, 1.807) is 11.8 Å². The zero-order chi connectivity index (χ0) is 13.8. The van der Waals surface area contributed by atoms with Crippen molar-refractivity contribution in [1.29, 1.82) is 0 Å². The molecule has 1 unspecified atom stereocenters. The summed E-state index contributed by atoms with van der Waals surface area (Å²) >= 11 is 0. The Morgan fingerprint density at radius 3 is 2.79 bits per heavy atom. The van der Waals surface area contributed by atoms with E-state index in [1.165, 1.54) is 0 Å². The molecule has 1 aliphatic rings. The van der Waals surface area contributed by atoms with Gasteiger partial charge < -0.3 is 15.5 Å². The van der Waals surface area contributed by atoms with Crippen molar-refractivity contribution in [3.63, 3.8) is 0 Å². The molecule has 1 saturated heterocycles. The lowest BCUT2D eigenvalue weighted by Gasteiger charge is -2.15. The Morgan fingerprint density at radius 2 is 2.16 bits per heavy atom. The molecule has 1 atom stereocenters. The summed E-state index contributed by atoms with van der Waals surface area (Å²) in [5.41, 5.74) is 1.88. The van der Waals surface area contributed by atoms with Crippen LogP contribution in [-0.4, -0.2) is 36.0 Å². The summed E-state index contributed by atoms with van der Waals surface area (Å²) in [7, 11) is 0. The second-order valence-electron chi connectivity index (χ2n) is 4.92. The maximum atomic E-state index is 11.8. The van der Waals surface area contributed by atoms with Crippen LogP contribution in [0.2, 0.25) is 0 Å². The van der Waals surface area contributed by atoms with Gasteiger partial charge in [-0.2, -0.15) is 0 Å². The van der Waals surface area contributed by atoms with E-state index in [0.29, 0.717) is 13.1 Å². The summed E-state index contributed by atoms with van der Waals surface area (Å²) in [5, 5.41) is 5.69. The third kappa shape index (κ3) is 3.71. The van der Waals surface area contributed by atoms with Crippen molar-refractivity contribution in [2.24, 2.45) is 0 Å². The Hall–Kier alpha value is -2.04. The molecule has 5 heteroatoms. The highest BCUT2D eigenvalue weighted by Crippen LogP contribution is 2.11. The highest BCUT2D eigenvalue weighted by molar-refractivity contribution is 5.89. The van der Waals surface area contributed by atoms with Gasteiger partial charge in [0.05, 0.1) is 0 Å². The van der Waals surface area contributed by atoms with Crippen molar-refractivity contribution in [3.05, 3.63) is 29.8 Å². The molecule has 1 fully saturated rings. The molecule has 0 aromatic heterocycles. The highest BCUT2D eigenvalue weighted by Gasteiger charge is 2.25. The van der Waals surface area contributed by atoms with Crippen LogP contribution in [0.25, 0.3) is 0 Å². The number of hydrogen-bond donors (Lipinski definition) is 2. The standard InChI is InChI=1S/C14H19N3O2/c1-10-4-3-5-12(8-10)15-14(19)16-13-6-7-17(9-13)11(2)18/h3-5,8,13H,6-7,9H2,1-2H3,(H2,15,16,19). The summed E-state index contributed by atoms with van der Waals surface area (Å²) < 4.78 is 0. The number of aryl methyl sites for hydroxylation is 1. The summed E-state index contributed by atoms with van der Waals surface area (Å²) in [6.07, 6.45) is 0.806. The molecule has 5 nitrogen and oxygen atoms in total. The molecule has 0 aliphatic carbocycles. The largest absolute Gasteiger partial charge is 0.341 e. The van der Waals surface area contributed by atoms with Gasteiger partial charge in [-0.05, 0) is 31.0 Å². The van der Waals surface area contributed by atoms with E-state index in [0.717, 1.165) is 17.7 Å². The molecular formula is C14H19N3O2. The molecule has 0 spiro atoms. The second kappa shape index (κ2) is 5.73. The van der Waals surface area contributed by atoms with Crippen LogP contribution in [-0.2, 0) is 4.79 Å². The molecule has 19 heavy (non-hydrogen) atoms. The molecule has 1 aliphatic heterocycles. The lowest BCUT2D eigenvalue weighted by atomic mass is 10.2. The minimum Gasteiger partial charge on any atom is -0.341 e. The molecule has 102 valence electrons. The number of benzene rings is 1. The molecule has 0 saturated carbocycles. The molecule has 0 radical (unpaired) electrons. The molecule has 2 rings (SSSR count). The zero-order valence-electron chi connectivity index (χ0n) is 11.3. The van der Waals surface area contributed by atoms with E-state index in [4.69, 9.17) is 0 Å². The smallest absolute Gasteiger partial charge is 0.319 e. The van der Waals surface area contributed by atoms with Gasteiger partial charge in [0.25, 0.3) is 0 Å². The van der Waals surface area contributed by atoms with Crippen molar-refractivity contribution >= 4 is 17.6 Å². The van der Waals surface area contributed by atoms with Crippen molar-refractivity contribution in [1.82, 2.24) is 10.2 Å². The van der Waals surface area contributed by atoms with Crippen LogP contribution in [0.15, 0.2) is 24.3 Å². The van der Waals surface area contributed by atoms with Gasteiger partial charge in [-0.25, -0.2) is 4.79 Å². The first-order valence-corrected chi connectivity index (χ1v) is 6.44. The van der Waals surface area contributed by atoms with Gasteiger partial charge in [0.2, 0.25) is 5.91 Å². The number of carbonyl (C=O) groups excluding carboxylic acids is 2. The normalized spacial score (nSPS) is 18.2. The van der Waals surface area contributed by atoms with Crippen LogP contribution in [0.4, 0.5) is 10.5 Å². The number of hydrogen-bond acceptors (Lipinski definition) is 2. The summed E-state index contributed by atoms with van der Waals surface area (Å²) in [4.78, 5) is 24.8. The molecular weight excluding hydrogens is 242 g/mol. The number of urea groups is 1. The maximum absolute atomic E-state index is 11.8. The first-order chi connectivity index (χ1) is 9.04. The van der Waals surface area contributed by atoms with Crippen LogP contribution < -0.4 is 10.6 Å². The quantitative estimate of drug-likeness (QED) is 0.851. The molecule has 1 heterocycles. The fourth-order valence-corrected chi connectivity index (χ4v) is 2.24. The molecule has 2 N–H and O–H groups in total. The van der Waals surface area contributed by atoms with Crippen molar-refractivity contribution in [2.45, 2.75) is 26.3 Å². The number of rotatable bonds is 2. The first-order valence-electron chi connectivity index (χ1n) is 6.44. The van der Waals surface area contributed by atoms with E-state index >= 15 is 0 Å². The average molecular weight is 261 g/mol. The van der Waals surface area contributed by atoms with Crippen LogP contribution in [0.5, 0.6) is 0 Å². The van der Waals surface area contributed by atoms with Gasteiger partial charge in [0, 0.05) is 31.7 Å². The summed E-state index contributed by atoms with van der Waals surface area (Å²) in [6, 6.07) is 7.46. The molecule has 1 aromatic carbocycles. The predicted octanol–water partition coefficient (Wildman–Crippen LogP) is 1.74. The number of carbonyl (C=O) groups is 2. The number of amides is 3. The fourth-order valence-electron chi connectivity index (χ4n) is 2.24. The molecule has 3 amide bonds. The predicted molar refractivity (Wildman–Crippen MR) is 74.0 cm³/mol. The lowest BCUT2D eigenvalue weighted by molar-refractivity contribution is -0.127. The molecule has 0 bridgehead atoms. The Morgan fingerprint density at radius 1 is 1.37 bits per heavy atom. The monoisotopic (exact) mass is 261 g/mol. The fraction of sp³-hybridized carbons (Fsp3) is 0.429. The number of nitrogens with one attached hydrogen (secondary N) is 2. The van der Waals surface area contributed by atoms with Crippen LogP contribution in [0.1, 0.15) is 18.9 Å². The minimum absolute atomic E-state index is 0.0358. The van der Waals surface area contributed by atoms with E-state index in [-0.39, 0.29) is 18.0 Å². The van der Waals surface area contributed by atoms with Gasteiger partial charge in [-0.3, -0.25) is 4.79 Å². The van der Waals surface area contributed by atoms with E-state index < -0.39 is 0 Å². The average Bonchev–Trinajstić information content (AvgIpc) is 2.77. The zero-order valence-corrected chi connectivity index (χ0v) is 11.3. The van der Waals surface area contributed by atoms with E-state index in [2.05, 4.69) is 10.6 Å². The van der Waals surface area contributed by atoms with E-state index in [9.17, 15) is 9.59 Å². The van der Waals surface area contributed by atoms with Gasteiger partial charge in [0.1, 0.15) is 0 Å². The first kappa shape index (κ1) is 13.4. The lowest BCUT2D eigenvalue weighted by Crippen LogP contribution is -2.40. The number of anilines is 1. The van der Waals surface area contributed by atoms with Crippen LogP contribution >= 0.6 is 0 Å². The van der Waals surface area contributed by atoms with E-state index in [1.807, 2.05) is 31.2 Å². The Labute approximate surface area is 113 Å². The third-order valence-electron chi connectivity index (χ3n) is 3.24. The molecule has 1 aromatic rings. The van der Waals surface area contributed by atoms with Crippen LogP contribution in [0.3, 0.4) is 0 Å². The third-order valence-corrected chi connectivity index (χ3v) is 3.24. The summed E-state index contributed by atoms with van der Waals surface area (Å²) in [6.45, 7) is 4.83. The van der Waals surface area contributed by atoms with Gasteiger partial charge in [0.15, 0.2) is 0 Å². The van der Waals surface area contributed by atoms with Gasteiger partial charge in [-0.1, -0.05) is 12.1 Å². The Kier molecular flexibility index (Phi) is 4.04. The SMILES string of the molecule is CC(=O)N1CCC(NC(=O)Nc2cccc(C)c2)C1. The Balaban J connectivity index is 1.84. The van der Waals surface area contributed by atoms with Crippen molar-refractivity contribution in [3.8, 4) is 0 Å². The van der Waals surface area contributed by atoms with Crippen LogP contribution in [0, 0.1) is 6.92 Å². The van der Waals surface area contributed by atoms with Crippen molar-refractivity contribution < 1.29 is 9.59 Å². The van der Waals surface area contributed by atoms with Crippen molar-refractivity contribution in [2.75, 3.05) is 18.4 Å². The summed E-state index contributed by atoms with van der Waals surface area (Å²) in [5.74, 6) is 0.0587. The minimum atomic E-state index is -0.221.